The molecular formula is C100H121N13O19. The van der Waals surface area contributed by atoms with Crippen LogP contribution in [0.5, 0.6) is 0 Å². The minimum atomic E-state index is -1.39. The van der Waals surface area contributed by atoms with E-state index < -0.39 is 248 Å². The van der Waals surface area contributed by atoms with Gasteiger partial charge in [0.1, 0.15) is 45.8 Å². The van der Waals surface area contributed by atoms with Crippen LogP contribution >= 0.6 is 0 Å². The smallest absolute Gasteiger partial charge is 0.305 e. The third kappa shape index (κ3) is 30.7. The van der Waals surface area contributed by atoms with Gasteiger partial charge in [-0.25, -0.2) is 0 Å². The van der Waals surface area contributed by atoms with Crippen molar-refractivity contribution in [2.45, 2.75) is 123 Å². The molecule has 8 rings (SSSR count). The lowest BCUT2D eigenvalue weighted by molar-refractivity contribution is -0.152. The minimum Gasteiger partial charge on any atom is -0.481 e. The third-order valence-electron chi connectivity index (χ3n) is 23.6. The fraction of sp³-hybridized carbons (Fsp3) is 0.370. The molecule has 8 aromatic rings. The Bertz CT molecular complexity index is 5110. The van der Waals surface area contributed by atoms with Crippen LogP contribution in [-0.2, 0) is 76.7 Å². The number of nitrogens with two attached hydrogens (primary N) is 1. The van der Waals surface area contributed by atoms with Crippen molar-refractivity contribution < 1.29 is 92.0 Å². The summed E-state index contributed by atoms with van der Waals surface area (Å²) in [4.78, 5) is 232. The van der Waals surface area contributed by atoms with Crippen LogP contribution in [0.3, 0.4) is 0 Å². The summed E-state index contributed by atoms with van der Waals surface area (Å²) in [5.41, 5.74) is 10.2. The number of benzene rings is 8. The molecule has 0 aromatic heterocycles. The SMILES string of the molecule is COCCNCC(=O)N(CC(=O)N(CC(=O)N(CCC(=O)O)CC(=O)N(CC(=O)N(CC(=O)N(CCC(=O)O)CC(=O)N(CC(=O)N(CC(=O)N(CCC(=O)O)CC(=O)N(CC(=O)N(CC(N)=O)[C@@H](C)c1ccccc1)[C@@H](C)c1ccccc1)[C@@H](C)c1ccccc1)[C@@H](C)c1ccccc1)[C@@H](C)c1ccccc1)[C@@H](C)c1ccccc1)[C@@H](C)c1ccccc1)[C@@H](C)c1ccccc1. The van der Waals surface area contributed by atoms with Crippen molar-refractivity contribution in [1.29, 1.82) is 0 Å². The lowest BCUT2D eigenvalue weighted by Crippen LogP contribution is -2.54. The number of carbonyl (C=O) groups is 15. The Morgan fingerprint density at radius 3 is 0.598 bits per heavy atom. The average molecular weight is 1810 g/mol. The van der Waals surface area contributed by atoms with E-state index >= 15 is 43.2 Å². The van der Waals surface area contributed by atoms with Crippen LogP contribution < -0.4 is 11.1 Å². The molecule has 0 aliphatic carbocycles. The zero-order valence-electron chi connectivity index (χ0n) is 76.2. The van der Waals surface area contributed by atoms with E-state index in [0.29, 0.717) is 57.7 Å². The Kier molecular flexibility index (Phi) is 40.5. The highest BCUT2D eigenvalue weighted by molar-refractivity contribution is 5.96. The Balaban J connectivity index is 1.12. The summed E-state index contributed by atoms with van der Waals surface area (Å²) in [6.45, 7) is 3.45. The van der Waals surface area contributed by atoms with Crippen molar-refractivity contribution in [2.75, 3.05) is 118 Å². The molecule has 32 heteroatoms. The molecule has 12 amide bonds. The van der Waals surface area contributed by atoms with E-state index in [1.807, 2.05) is 18.2 Å². The normalized spacial score (nSPS) is 12.8. The fourth-order valence-electron chi connectivity index (χ4n) is 15.5. The molecule has 6 N–H and O–H groups in total. The lowest BCUT2D eigenvalue weighted by Gasteiger charge is -2.38. The van der Waals surface area contributed by atoms with Gasteiger partial charge in [-0.15, -0.1) is 0 Å². The van der Waals surface area contributed by atoms with Crippen LogP contribution in [0.15, 0.2) is 243 Å². The van der Waals surface area contributed by atoms with Gasteiger partial charge in [0.05, 0.1) is 107 Å². The maximum Gasteiger partial charge on any atom is 0.305 e. The summed E-state index contributed by atoms with van der Waals surface area (Å²) in [6, 6.07) is 61.9. The number of carboxylic acid groups (broad SMARTS) is 3. The Labute approximate surface area is 770 Å². The average Bonchev–Trinajstić information content (AvgIpc) is 0.818. The van der Waals surface area contributed by atoms with E-state index in [1.54, 1.807) is 280 Å². The highest BCUT2D eigenvalue weighted by Crippen LogP contribution is 2.32. The van der Waals surface area contributed by atoms with Crippen molar-refractivity contribution in [3.05, 3.63) is 287 Å². The van der Waals surface area contributed by atoms with Gasteiger partial charge < -0.3 is 85.0 Å². The quantitative estimate of drug-likeness (QED) is 0.0221. The number of nitrogens with zero attached hydrogens (tertiary/aromatic N) is 11. The second-order valence-corrected chi connectivity index (χ2v) is 32.4. The van der Waals surface area contributed by atoms with Gasteiger partial charge in [-0.3, -0.25) is 71.9 Å². The molecule has 700 valence electrons. The van der Waals surface area contributed by atoms with E-state index in [4.69, 9.17) is 10.5 Å². The first-order chi connectivity index (χ1) is 63.2. The van der Waals surface area contributed by atoms with Crippen molar-refractivity contribution in [2.24, 2.45) is 5.73 Å². The number of primary amides is 1. The highest BCUT2D eigenvalue weighted by Gasteiger charge is 2.40. The van der Waals surface area contributed by atoms with E-state index in [1.165, 1.54) is 26.7 Å². The third-order valence-corrected chi connectivity index (χ3v) is 23.6. The first-order valence-corrected chi connectivity index (χ1v) is 43.9. The Morgan fingerprint density at radius 1 is 0.258 bits per heavy atom. The molecule has 0 radical (unpaired) electrons. The van der Waals surface area contributed by atoms with Crippen LogP contribution in [0.1, 0.15) is 167 Å². The van der Waals surface area contributed by atoms with Gasteiger partial charge >= 0.3 is 17.9 Å². The van der Waals surface area contributed by atoms with Crippen molar-refractivity contribution >= 4 is 88.8 Å². The summed E-state index contributed by atoms with van der Waals surface area (Å²) >= 11 is 0. The summed E-state index contributed by atoms with van der Waals surface area (Å²) < 4.78 is 5.18. The van der Waals surface area contributed by atoms with E-state index in [9.17, 15) is 44.1 Å². The van der Waals surface area contributed by atoms with Gasteiger partial charge in [0.2, 0.25) is 70.9 Å². The van der Waals surface area contributed by atoms with Crippen molar-refractivity contribution in [1.82, 2.24) is 59.2 Å². The van der Waals surface area contributed by atoms with Crippen molar-refractivity contribution in [3.8, 4) is 0 Å². The predicted octanol–water partition coefficient (Wildman–Crippen LogP) is 9.34. The molecule has 132 heavy (non-hydrogen) atoms. The zero-order valence-corrected chi connectivity index (χ0v) is 76.2. The molecule has 0 heterocycles. The number of rotatable bonds is 52. The maximum atomic E-state index is 15.9. The molecule has 0 aliphatic heterocycles. The summed E-state index contributed by atoms with van der Waals surface area (Å²) in [5, 5.41) is 33.8. The number of hydrogen-bond donors (Lipinski definition) is 5. The minimum absolute atomic E-state index is 0.177. The number of aliphatic carboxylic acids is 3. The molecule has 8 aromatic carbocycles. The molecule has 0 bridgehead atoms. The first-order valence-electron chi connectivity index (χ1n) is 43.9. The van der Waals surface area contributed by atoms with E-state index in [-0.39, 0.29) is 6.54 Å². The number of methoxy groups -OCH3 is 1. The molecule has 8 atom stereocenters. The molecule has 0 saturated carbocycles. The maximum absolute atomic E-state index is 15.9. The van der Waals surface area contributed by atoms with Crippen LogP contribution in [0.2, 0.25) is 0 Å². The van der Waals surface area contributed by atoms with Crippen LogP contribution in [0, 0.1) is 0 Å². The van der Waals surface area contributed by atoms with E-state index in [0.717, 1.165) is 34.3 Å². The van der Waals surface area contributed by atoms with Gasteiger partial charge in [-0.05, 0) is 99.9 Å². The molecule has 32 nitrogen and oxygen atoms in total. The first kappa shape index (κ1) is 103. The highest BCUT2D eigenvalue weighted by atomic mass is 16.5. The largest absolute Gasteiger partial charge is 0.481 e. The Morgan fingerprint density at radius 2 is 0.424 bits per heavy atom. The van der Waals surface area contributed by atoms with Gasteiger partial charge in [0.25, 0.3) is 0 Å². The fourth-order valence-corrected chi connectivity index (χ4v) is 15.5. The van der Waals surface area contributed by atoms with Crippen molar-refractivity contribution in [3.63, 3.8) is 0 Å². The summed E-state index contributed by atoms with van der Waals surface area (Å²) in [7, 11) is 1.52. The number of amides is 12. The second kappa shape index (κ2) is 51.8. The molecule has 0 spiro atoms. The van der Waals surface area contributed by atoms with Crippen LogP contribution in [0.4, 0.5) is 0 Å². The molecule has 0 aliphatic rings. The molecule has 0 fully saturated rings. The van der Waals surface area contributed by atoms with Gasteiger partial charge in [0.15, 0.2) is 0 Å². The standard InChI is InChI=1S/C100H121N13O19/c1-70(78-34-18-10-19-35-78)106(59-86(101)114)94(122)67-111(75(6)83-44-28-15-29-45-83)91(119)60-103(54-50-98(126)127)89(117)64-109(73(4)81-40-24-13-25-41-81)96(124)69-113(77(8)85-48-32-17-33-49-85)93(121)62-105(56-52-100(130)131)90(118)65-110(74(5)82-42-26-14-27-43-82)97(125)68-112(76(7)84-46-30-16-31-47-84)92(120)61-104(55-51-99(128)129)88(116)63-108(72(3)80-38-22-12-23-39-80)95(123)66-107(87(115)58-102-53-57-132-9)71(2)79-36-20-11-21-37-79/h10-49,70-77,102H,50-69H2,1-9H3,(H2,101,114)(H,126,127)(H,128,129)(H,130,131)/t70-,71-,72-,73-,74-,75-,76-,77-/m0/s1. The number of nitrogens with one attached hydrogen (secondary N) is 1. The topological polar surface area (TPSA) is 400 Å². The second-order valence-electron chi connectivity index (χ2n) is 32.4. The van der Waals surface area contributed by atoms with Crippen LogP contribution in [-0.4, -0.2) is 276 Å². The van der Waals surface area contributed by atoms with Gasteiger partial charge in [-0.2, -0.15) is 0 Å². The number of ether oxygens (including phenoxy) is 1. The predicted molar refractivity (Wildman–Crippen MR) is 493 cm³/mol. The Hall–Kier alpha value is -14.3. The van der Waals surface area contributed by atoms with Gasteiger partial charge in [-0.1, -0.05) is 243 Å². The van der Waals surface area contributed by atoms with Crippen LogP contribution in [0.25, 0.3) is 0 Å². The van der Waals surface area contributed by atoms with E-state index in [2.05, 4.69) is 5.32 Å². The number of carbonyl (C=O) groups excluding carboxylic acids is 12. The molecular weight excluding hydrogens is 1690 g/mol. The lowest BCUT2D eigenvalue weighted by atomic mass is 10.0. The number of hydrogen-bond acceptors (Lipinski definition) is 17. The summed E-state index contributed by atoms with van der Waals surface area (Å²) in [5.74, 6) is -13.9. The van der Waals surface area contributed by atoms with Gasteiger partial charge in [0, 0.05) is 33.3 Å². The number of carboxylic acids is 3. The monoisotopic (exact) mass is 1810 g/mol. The molecule has 0 unspecified atom stereocenters. The zero-order chi connectivity index (χ0) is 96.1. The molecule has 0 saturated heterocycles. The summed E-state index contributed by atoms with van der Waals surface area (Å²) in [6.07, 6.45) is -2.11.